The minimum absolute atomic E-state index is 0.00522. The third-order valence-electron chi connectivity index (χ3n) is 6.09. The van der Waals surface area contributed by atoms with Gasteiger partial charge in [0.15, 0.2) is 6.67 Å². The van der Waals surface area contributed by atoms with E-state index in [0.29, 0.717) is 6.67 Å². The monoisotopic (exact) mass is 281 g/mol. The third-order valence-corrected chi connectivity index (χ3v) is 6.09. The zero-order valence-corrected chi connectivity index (χ0v) is 12.7. The molecule has 3 aliphatic rings. The Balaban J connectivity index is 1.83. The molecule has 0 aromatic heterocycles. The first-order valence-electron chi connectivity index (χ1n) is 7.65. The van der Waals surface area contributed by atoms with Crippen molar-refractivity contribution in [2.45, 2.75) is 33.6 Å². The molecule has 0 radical (unpaired) electrons. The normalized spacial score (nSPS) is 37.5. The van der Waals surface area contributed by atoms with Gasteiger partial charge in [-0.1, -0.05) is 20.8 Å². The smallest absolute Gasteiger partial charge is 0.240 e. The minimum atomic E-state index is -0.378. The summed E-state index contributed by atoms with van der Waals surface area (Å²) in [5.41, 5.74) is -0.588. The van der Waals surface area contributed by atoms with Crippen LogP contribution in [0.3, 0.4) is 0 Å². The van der Waals surface area contributed by atoms with Gasteiger partial charge in [-0.15, -0.1) is 0 Å². The molecule has 112 valence electrons. The molecule has 0 aromatic rings. The van der Waals surface area contributed by atoms with E-state index in [4.69, 9.17) is 4.74 Å². The number of morpholine rings is 1. The molecule has 20 heavy (non-hydrogen) atoms. The fourth-order valence-electron chi connectivity index (χ4n) is 4.09. The number of hydrogen-bond acceptors (Lipinski definition) is 3. The van der Waals surface area contributed by atoms with Gasteiger partial charge in [0.05, 0.1) is 18.6 Å². The van der Waals surface area contributed by atoms with Gasteiger partial charge >= 0.3 is 0 Å². The standard InChI is InChI=1S/C15H24N2O3/c1-14(2)11-4-5-15(14,3)13(19)17(12(11)18)10-16-6-8-20-9-7-16/h11H,4-10H2,1-3H3/p+1/t11-,15+/m1/s1. The Kier molecular flexibility index (Phi) is 3.18. The van der Waals surface area contributed by atoms with Crippen LogP contribution in [0.2, 0.25) is 0 Å². The van der Waals surface area contributed by atoms with Crippen LogP contribution in [-0.4, -0.2) is 49.7 Å². The molecule has 2 bridgehead atoms. The van der Waals surface area contributed by atoms with Crippen LogP contribution in [0.15, 0.2) is 0 Å². The summed E-state index contributed by atoms with van der Waals surface area (Å²) in [5, 5.41) is 0. The first kappa shape index (κ1) is 14.0. The van der Waals surface area contributed by atoms with Gasteiger partial charge in [-0.05, 0) is 18.3 Å². The average Bonchev–Trinajstić information content (AvgIpc) is 2.61. The number of imide groups is 1. The van der Waals surface area contributed by atoms with E-state index in [1.165, 1.54) is 4.90 Å². The van der Waals surface area contributed by atoms with E-state index < -0.39 is 0 Å². The number of ether oxygens (including phenoxy) is 1. The molecular formula is C15H25N2O3+. The van der Waals surface area contributed by atoms with Crippen LogP contribution < -0.4 is 4.90 Å². The van der Waals surface area contributed by atoms with Gasteiger partial charge in [-0.2, -0.15) is 0 Å². The first-order chi connectivity index (χ1) is 9.38. The summed E-state index contributed by atoms with van der Waals surface area (Å²) in [6.07, 6.45) is 1.69. The van der Waals surface area contributed by atoms with Gasteiger partial charge in [-0.25, -0.2) is 4.90 Å². The Labute approximate surface area is 120 Å². The second-order valence-corrected chi connectivity index (χ2v) is 7.24. The molecule has 0 unspecified atom stereocenters. The van der Waals surface area contributed by atoms with Crippen molar-refractivity contribution in [2.24, 2.45) is 16.7 Å². The lowest BCUT2D eigenvalue weighted by Gasteiger charge is -2.47. The molecule has 1 aliphatic carbocycles. The molecule has 1 N–H and O–H groups in total. The summed E-state index contributed by atoms with van der Waals surface area (Å²) in [4.78, 5) is 28.4. The SMILES string of the molecule is CC1(C)[C@@H]2CC[C@@]1(C)C(=O)N(C[NH+]1CCOCC1)C2=O. The molecule has 0 aromatic carbocycles. The summed E-state index contributed by atoms with van der Waals surface area (Å²) in [7, 11) is 0. The molecule has 2 saturated heterocycles. The van der Waals surface area contributed by atoms with Crippen molar-refractivity contribution in [3.8, 4) is 0 Å². The van der Waals surface area contributed by atoms with Crippen LogP contribution in [-0.2, 0) is 14.3 Å². The van der Waals surface area contributed by atoms with Crippen LogP contribution in [0.5, 0.6) is 0 Å². The lowest BCUT2D eigenvalue weighted by atomic mass is 9.62. The molecule has 2 amide bonds. The van der Waals surface area contributed by atoms with Crippen molar-refractivity contribution in [1.82, 2.24) is 4.90 Å². The number of fused-ring (bicyclic) bond motifs is 2. The fraction of sp³-hybridized carbons (Fsp3) is 0.867. The second-order valence-electron chi connectivity index (χ2n) is 7.24. The van der Waals surface area contributed by atoms with E-state index in [1.54, 1.807) is 4.90 Å². The quantitative estimate of drug-likeness (QED) is 0.705. The highest BCUT2D eigenvalue weighted by Gasteiger charge is 2.64. The maximum absolute atomic E-state index is 12.9. The largest absolute Gasteiger partial charge is 0.370 e. The predicted octanol–water partition coefficient (Wildman–Crippen LogP) is -0.330. The van der Waals surface area contributed by atoms with Gasteiger partial charge in [0.25, 0.3) is 0 Å². The zero-order chi connectivity index (χ0) is 14.5. The number of piperidine rings is 1. The Morgan fingerprint density at radius 3 is 2.55 bits per heavy atom. The van der Waals surface area contributed by atoms with Gasteiger partial charge in [0.1, 0.15) is 13.1 Å². The Hall–Kier alpha value is -0.940. The molecule has 5 heteroatoms. The first-order valence-corrected chi connectivity index (χ1v) is 7.65. The van der Waals surface area contributed by atoms with Crippen molar-refractivity contribution >= 4 is 11.8 Å². The predicted molar refractivity (Wildman–Crippen MR) is 72.8 cm³/mol. The van der Waals surface area contributed by atoms with Gasteiger partial charge < -0.3 is 9.64 Å². The van der Waals surface area contributed by atoms with Crippen LogP contribution in [0, 0.1) is 16.7 Å². The van der Waals surface area contributed by atoms with Gasteiger partial charge in [-0.3, -0.25) is 9.59 Å². The van der Waals surface area contributed by atoms with Crippen molar-refractivity contribution in [3.05, 3.63) is 0 Å². The third kappa shape index (κ3) is 1.76. The molecule has 2 atom stereocenters. The van der Waals surface area contributed by atoms with Crippen LogP contribution >= 0.6 is 0 Å². The van der Waals surface area contributed by atoms with E-state index in [2.05, 4.69) is 13.8 Å². The van der Waals surface area contributed by atoms with Gasteiger partial charge in [0, 0.05) is 5.92 Å². The average molecular weight is 281 g/mol. The van der Waals surface area contributed by atoms with Crippen molar-refractivity contribution in [3.63, 3.8) is 0 Å². The molecule has 0 spiro atoms. The summed E-state index contributed by atoms with van der Waals surface area (Å²) in [6.45, 7) is 9.92. The number of carbonyl (C=O) groups excluding carboxylic acids is 2. The maximum Gasteiger partial charge on any atom is 0.240 e. The second kappa shape index (κ2) is 4.53. The van der Waals surface area contributed by atoms with Crippen molar-refractivity contribution in [2.75, 3.05) is 33.0 Å². The summed E-state index contributed by atoms with van der Waals surface area (Å²) in [6, 6.07) is 0. The van der Waals surface area contributed by atoms with E-state index in [0.717, 1.165) is 39.1 Å². The Bertz CT molecular complexity index is 442. The van der Waals surface area contributed by atoms with E-state index in [9.17, 15) is 9.59 Å². The van der Waals surface area contributed by atoms with Gasteiger partial charge in [0.2, 0.25) is 11.8 Å². The molecule has 5 nitrogen and oxygen atoms in total. The highest BCUT2D eigenvalue weighted by atomic mass is 16.5. The molecule has 3 rings (SSSR count). The van der Waals surface area contributed by atoms with Crippen LogP contribution in [0.4, 0.5) is 0 Å². The summed E-state index contributed by atoms with van der Waals surface area (Å²) < 4.78 is 5.34. The lowest BCUT2D eigenvalue weighted by Crippen LogP contribution is -3.15. The van der Waals surface area contributed by atoms with E-state index >= 15 is 0 Å². The molecular weight excluding hydrogens is 256 g/mol. The number of rotatable bonds is 2. The maximum atomic E-state index is 12.9. The lowest BCUT2D eigenvalue weighted by molar-refractivity contribution is -0.915. The number of amides is 2. The number of nitrogens with one attached hydrogen (secondary N) is 1. The molecule has 3 fully saturated rings. The number of likely N-dealkylation sites (tertiary alicyclic amines) is 1. The van der Waals surface area contributed by atoms with Crippen molar-refractivity contribution < 1.29 is 19.2 Å². The highest BCUT2D eigenvalue weighted by Crippen LogP contribution is 2.59. The molecule has 2 heterocycles. The summed E-state index contributed by atoms with van der Waals surface area (Å²) >= 11 is 0. The summed E-state index contributed by atoms with van der Waals surface area (Å²) in [5.74, 6) is 0.0971. The molecule has 1 saturated carbocycles. The molecule has 2 aliphatic heterocycles. The number of carbonyl (C=O) groups is 2. The van der Waals surface area contributed by atoms with Crippen molar-refractivity contribution in [1.29, 1.82) is 0 Å². The van der Waals surface area contributed by atoms with E-state index in [1.807, 2.05) is 6.92 Å². The van der Waals surface area contributed by atoms with E-state index in [-0.39, 0.29) is 28.6 Å². The Morgan fingerprint density at radius 1 is 1.25 bits per heavy atom. The Morgan fingerprint density at radius 2 is 1.90 bits per heavy atom. The number of hydrogen-bond donors (Lipinski definition) is 1. The topological polar surface area (TPSA) is 51.1 Å². The van der Waals surface area contributed by atoms with Crippen LogP contribution in [0.1, 0.15) is 33.6 Å². The fourth-order valence-corrected chi connectivity index (χ4v) is 4.09. The highest BCUT2D eigenvalue weighted by molar-refractivity contribution is 6.03. The number of quaternary nitrogens is 1. The zero-order valence-electron chi connectivity index (χ0n) is 12.7. The minimum Gasteiger partial charge on any atom is -0.370 e. The number of nitrogens with zero attached hydrogens (tertiary/aromatic N) is 1. The van der Waals surface area contributed by atoms with Crippen LogP contribution in [0.25, 0.3) is 0 Å².